The van der Waals surface area contributed by atoms with Crippen molar-refractivity contribution in [3.63, 3.8) is 0 Å². The van der Waals surface area contributed by atoms with Crippen molar-refractivity contribution in [1.29, 1.82) is 0 Å². The highest BCUT2D eigenvalue weighted by molar-refractivity contribution is 7.91. The average molecular weight is 367 g/mol. The molecule has 0 aliphatic carbocycles. The maximum absolute atomic E-state index is 12.5. The van der Waals surface area contributed by atoms with Crippen LogP contribution in [-0.4, -0.2) is 36.4 Å². The summed E-state index contributed by atoms with van der Waals surface area (Å²) in [6.07, 6.45) is -4.73. The lowest BCUT2D eigenvalue weighted by Crippen LogP contribution is -2.42. The Morgan fingerprint density at radius 3 is 2.33 bits per heavy atom. The number of nitro groups is 1. The van der Waals surface area contributed by atoms with Gasteiger partial charge < -0.3 is 0 Å². The predicted molar refractivity (Wildman–Crippen MR) is 71.1 cm³/mol. The second kappa shape index (κ2) is 6.07. The van der Waals surface area contributed by atoms with Crippen LogP contribution >= 0.6 is 22.9 Å². The summed E-state index contributed by atoms with van der Waals surface area (Å²) in [6.45, 7) is 0.857. The van der Waals surface area contributed by atoms with Crippen molar-refractivity contribution in [1.82, 2.24) is 4.31 Å². The van der Waals surface area contributed by atoms with Crippen LogP contribution in [0.3, 0.4) is 0 Å². The number of thiophene rings is 1. The van der Waals surface area contributed by atoms with E-state index in [0.717, 1.165) is 0 Å². The van der Waals surface area contributed by atoms with Crippen molar-refractivity contribution in [2.24, 2.45) is 0 Å². The van der Waals surface area contributed by atoms with Crippen LogP contribution in [0, 0.1) is 10.1 Å². The molecule has 0 bridgehead atoms. The molecule has 0 unspecified atom stereocenters. The molecule has 6 nitrogen and oxygen atoms in total. The van der Waals surface area contributed by atoms with E-state index in [1.165, 1.54) is 13.8 Å². The molecule has 1 aromatic rings. The molecule has 0 saturated heterocycles. The number of hydrogen-bond acceptors (Lipinski definition) is 5. The van der Waals surface area contributed by atoms with Crippen LogP contribution < -0.4 is 0 Å². The Labute approximate surface area is 127 Å². The van der Waals surface area contributed by atoms with E-state index in [9.17, 15) is 31.7 Å². The SMILES string of the molecule is CC(C)N(CC(F)(F)F)S(=O)(=O)c1cc([N+](=O)[O-])c(Cl)s1. The maximum atomic E-state index is 12.5. The first-order chi connectivity index (χ1) is 9.36. The van der Waals surface area contributed by atoms with Crippen LogP contribution in [0.5, 0.6) is 0 Å². The lowest BCUT2D eigenvalue weighted by Gasteiger charge is -2.25. The van der Waals surface area contributed by atoms with E-state index in [1.54, 1.807) is 0 Å². The normalized spacial score (nSPS) is 13.1. The molecule has 0 radical (unpaired) electrons. The van der Waals surface area contributed by atoms with Gasteiger partial charge in [0.05, 0.1) is 4.92 Å². The van der Waals surface area contributed by atoms with Crippen LogP contribution in [0.25, 0.3) is 0 Å². The molecule has 0 N–H and O–H groups in total. The zero-order chi connectivity index (χ0) is 16.6. The molecule has 1 heterocycles. The summed E-state index contributed by atoms with van der Waals surface area (Å²) in [5.74, 6) is 0. The second-order valence-corrected chi connectivity index (χ2v) is 8.01. The Morgan fingerprint density at radius 1 is 1.48 bits per heavy atom. The van der Waals surface area contributed by atoms with Crippen LogP contribution in [-0.2, 0) is 10.0 Å². The van der Waals surface area contributed by atoms with E-state index in [4.69, 9.17) is 11.6 Å². The second-order valence-electron chi connectivity index (χ2n) is 4.24. The summed E-state index contributed by atoms with van der Waals surface area (Å²) in [7, 11) is -4.53. The molecular weight excluding hydrogens is 357 g/mol. The summed E-state index contributed by atoms with van der Waals surface area (Å²) in [5.41, 5.74) is -0.657. The minimum absolute atomic E-state index is 0.221. The first-order valence-electron chi connectivity index (χ1n) is 5.38. The molecule has 120 valence electrons. The third-order valence-corrected chi connectivity index (χ3v) is 6.13. The molecule has 0 spiro atoms. The van der Waals surface area contributed by atoms with E-state index in [0.29, 0.717) is 17.4 Å². The summed E-state index contributed by atoms with van der Waals surface area (Å²) in [6, 6.07) is -0.315. The minimum atomic E-state index is -4.73. The van der Waals surface area contributed by atoms with Crippen LogP contribution in [0.15, 0.2) is 10.3 Å². The van der Waals surface area contributed by atoms with Gasteiger partial charge in [0.1, 0.15) is 10.8 Å². The Hall–Kier alpha value is -0.910. The number of hydrogen-bond donors (Lipinski definition) is 0. The Morgan fingerprint density at radius 2 is 2.00 bits per heavy atom. The highest BCUT2D eigenvalue weighted by atomic mass is 35.5. The van der Waals surface area contributed by atoms with E-state index < -0.39 is 47.9 Å². The molecule has 0 aliphatic heterocycles. The monoisotopic (exact) mass is 366 g/mol. The fourth-order valence-corrected chi connectivity index (χ4v) is 4.84. The summed E-state index contributed by atoms with van der Waals surface area (Å²) >= 11 is 5.88. The number of sulfonamides is 1. The fraction of sp³-hybridized carbons (Fsp3) is 0.556. The van der Waals surface area contributed by atoms with Crippen molar-refractivity contribution in [2.45, 2.75) is 30.3 Å². The van der Waals surface area contributed by atoms with Crippen molar-refractivity contribution < 1.29 is 26.5 Å². The van der Waals surface area contributed by atoms with Crippen LogP contribution in [0.4, 0.5) is 18.9 Å². The lowest BCUT2D eigenvalue weighted by atomic mass is 10.4. The smallest absolute Gasteiger partial charge is 0.258 e. The maximum Gasteiger partial charge on any atom is 0.402 e. The van der Waals surface area contributed by atoms with Gasteiger partial charge in [0.15, 0.2) is 4.34 Å². The molecule has 0 atom stereocenters. The van der Waals surface area contributed by atoms with Gasteiger partial charge in [0, 0.05) is 12.1 Å². The van der Waals surface area contributed by atoms with Gasteiger partial charge in [-0.05, 0) is 13.8 Å². The van der Waals surface area contributed by atoms with Gasteiger partial charge in [-0.3, -0.25) is 10.1 Å². The first-order valence-corrected chi connectivity index (χ1v) is 8.02. The molecule has 1 rings (SSSR count). The van der Waals surface area contributed by atoms with E-state index in [-0.39, 0.29) is 4.31 Å². The molecule has 0 saturated carbocycles. The number of halogens is 4. The van der Waals surface area contributed by atoms with Crippen molar-refractivity contribution in [3.05, 3.63) is 20.5 Å². The lowest BCUT2D eigenvalue weighted by molar-refractivity contribution is -0.384. The van der Waals surface area contributed by atoms with E-state index >= 15 is 0 Å². The molecule has 12 heteroatoms. The zero-order valence-electron chi connectivity index (χ0n) is 10.7. The summed E-state index contributed by atoms with van der Waals surface area (Å²) in [4.78, 5) is 9.73. The highest BCUT2D eigenvalue weighted by Crippen LogP contribution is 2.38. The number of rotatable bonds is 5. The van der Waals surface area contributed by atoms with Crippen molar-refractivity contribution in [3.8, 4) is 0 Å². The van der Waals surface area contributed by atoms with Gasteiger partial charge in [-0.1, -0.05) is 11.6 Å². The molecule has 0 fully saturated rings. The molecule has 1 aromatic heterocycles. The largest absolute Gasteiger partial charge is 0.402 e. The third kappa shape index (κ3) is 4.28. The first kappa shape index (κ1) is 18.1. The van der Waals surface area contributed by atoms with Gasteiger partial charge in [0.25, 0.3) is 15.7 Å². The van der Waals surface area contributed by atoms with Gasteiger partial charge in [-0.2, -0.15) is 17.5 Å². The number of nitrogens with zero attached hydrogens (tertiary/aromatic N) is 2. The quantitative estimate of drug-likeness (QED) is 0.591. The fourth-order valence-electron chi connectivity index (χ4n) is 1.43. The topological polar surface area (TPSA) is 80.5 Å². The minimum Gasteiger partial charge on any atom is -0.258 e. The van der Waals surface area contributed by atoms with Crippen molar-refractivity contribution in [2.75, 3.05) is 6.54 Å². The standard InChI is InChI=1S/C9H10ClF3N2O4S2/c1-5(2)14(4-9(11,12)13)21(18,19)7-3-6(15(16)17)8(10)20-7/h3,5H,4H2,1-2H3. The van der Waals surface area contributed by atoms with Gasteiger partial charge in [0.2, 0.25) is 0 Å². The van der Waals surface area contributed by atoms with Gasteiger partial charge >= 0.3 is 6.18 Å². The zero-order valence-corrected chi connectivity index (χ0v) is 13.1. The molecule has 0 aliphatic rings. The van der Waals surface area contributed by atoms with E-state index in [2.05, 4.69) is 0 Å². The Kier molecular flexibility index (Phi) is 5.24. The van der Waals surface area contributed by atoms with Crippen molar-refractivity contribution >= 4 is 38.6 Å². The van der Waals surface area contributed by atoms with E-state index in [1.807, 2.05) is 0 Å². The molecule has 21 heavy (non-hydrogen) atoms. The summed E-state index contributed by atoms with van der Waals surface area (Å²) in [5, 5.41) is 10.6. The van der Waals surface area contributed by atoms with Crippen LogP contribution in [0.2, 0.25) is 4.34 Å². The Balaban J connectivity index is 3.30. The highest BCUT2D eigenvalue weighted by Gasteiger charge is 2.40. The molecule has 0 aromatic carbocycles. The Bertz CT molecular complexity index is 642. The third-order valence-electron chi connectivity index (χ3n) is 2.32. The predicted octanol–water partition coefficient (Wildman–Crippen LogP) is 3.27. The summed E-state index contributed by atoms with van der Waals surface area (Å²) < 4.78 is 61.1. The average Bonchev–Trinajstić information content (AvgIpc) is 2.67. The van der Waals surface area contributed by atoms with Crippen LogP contribution in [0.1, 0.15) is 13.8 Å². The number of alkyl halides is 3. The molecular formula is C9H10ClF3N2O4S2. The van der Waals surface area contributed by atoms with Gasteiger partial charge in [-0.15, -0.1) is 11.3 Å². The molecule has 0 amide bonds. The van der Waals surface area contributed by atoms with Gasteiger partial charge in [-0.25, -0.2) is 8.42 Å².